The summed E-state index contributed by atoms with van der Waals surface area (Å²) in [7, 11) is -3.25. The predicted octanol–water partition coefficient (Wildman–Crippen LogP) is 2.54. The molecule has 3 atom stereocenters. The third-order valence-corrected chi connectivity index (χ3v) is 7.67. The molecule has 2 aliphatic carbocycles. The van der Waals surface area contributed by atoms with E-state index in [9.17, 15) is 13.2 Å². The molecule has 2 saturated carbocycles. The van der Waals surface area contributed by atoms with Gasteiger partial charge in [-0.1, -0.05) is 12.5 Å². The fraction of sp³-hybridized carbons (Fsp3) is 0.611. The first-order valence-corrected chi connectivity index (χ1v) is 10.6. The number of benzene rings is 1. The van der Waals surface area contributed by atoms with E-state index in [0.29, 0.717) is 36.2 Å². The van der Waals surface area contributed by atoms with E-state index in [1.54, 1.807) is 24.3 Å². The summed E-state index contributed by atoms with van der Waals surface area (Å²) in [4.78, 5) is 12.6. The molecule has 0 aromatic heterocycles. The normalized spacial score (nSPS) is 31.2. The molecular weight excluding hydrogens is 324 g/mol. The van der Waals surface area contributed by atoms with Crippen LogP contribution in [0.25, 0.3) is 0 Å². The quantitative estimate of drug-likeness (QED) is 0.913. The van der Waals surface area contributed by atoms with Gasteiger partial charge in [-0.3, -0.25) is 9.10 Å². The van der Waals surface area contributed by atoms with E-state index >= 15 is 0 Å². The zero-order chi connectivity index (χ0) is 16.7. The van der Waals surface area contributed by atoms with Crippen LogP contribution in [0.5, 0.6) is 0 Å². The lowest BCUT2D eigenvalue weighted by molar-refractivity contribution is 0.0923. The summed E-state index contributed by atoms with van der Waals surface area (Å²) in [6.45, 7) is 0.500. The maximum atomic E-state index is 12.6. The third-order valence-electron chi connectivity index (χ3n) is 5.80. The molecule has 5 nitrogen and oxygen atoms in total. The molecule has 0 spiro atoms. The molecule has 130 valence electrons. The average molecular weight is 348 g/mol. The largest absolute Gasteiger partial charge is 0.349 e. The highest BCUT2D eigenvalue weighted by Crippen LogP contribution is 2.44. The molecule has 1 aromatic rings. The van der Waals surface area contributed by atoms with E-state index in [1.807, 2.05) is 0 Å². The number of nitrogens with one attached hydrogen (secondary N) is 1. The van der Waals surface area contributed by atoms with Crippen LogP contribution in [-0.4, -0.2) is 32.7 Å². The Morgan fingerprint density at radius 3 is 2.75 bits per heavy atom. The predicted molar refractivity (Wildman–Crippen MR) is 93.5 cm³/mol. The Balaban J connectivity index is 1.51. The topological polar surface area (TPSA) is 66.5 Å². The molecule has 0 unspecified atom stereocenters. The summed E-state index contributed by atoms with van der Waals surface area (Å²) in [6, 6.07) is 7.32. The van der Waals surface area contributed by atoms with E-state index in [2.05, 4.69) is 5.32 Å². The van der Waals surface area contributed by atoms with Crippen molar-refractivity contribution in [1.82, 2.24) is 5.32 Å². The van der Waals surface area contributed by atoms with Gasteiger partial charge >= 0.3 is 0 Å². The van der Waals surface area contributed by atoms with Crippen LogP contribution in [0.2, 0.25) is 0 Å². The molecule has 4 rings (SSSR count). The fourth-order valence-corrected chi connectivity index (χ4v) is 6.19. The number of anilines is 1. The second-order valence-electron chi connectivity index (χ2n) is 7.40. The summed E-state index contributed by atoms with van der Waals surface area (Å²) in [5.41, 5.74) is 1.16. The molecule has 2 bridgehead atoms. The number of carbonyl (C=O) groups excluding carboxylic acids is 1. The van der Waals surface area contributed by atoms with Crippen molar-refractivity contribution < 1.29 is 13.2 Å². The van der Waals surface area contributed by atoms with E-state index < -0.39 is 10.0 Å². The van der Waals surface area contributed by atoms with Crippen molar-refractivity contribution in [2.45, 2.75) is 44.6 Å². The van der Waals surface area contributed by atoms with Crippen LogP contribution in [0.1, 0.15) is 48.9 Å². The molecule has 1 aliphatic heterocycles. The van der Waals surface area contributed by atoms with Crippen molar-refractivity contribution in [2.24, 2.45) is 11.8 Å². The number of hydrogen-bond acceptors (Lipinski definition) is 3. The Bertz CT molecular complexity index is 746. The summed E-state index contributed by atoms with van der Waals surface area (Å²) in [5, 5.41) is 3.17. The average Bonchev–Trinajstić information content (AvgIpc) is 3.17. The number of fused-ring (bicyclic) bond motifs is 2. The number of amides is 1. The van der Waals surface area contributed by atoms with Crippen LogP contribution in [0.15, 0.2) is 24.3 Å². The van der Waals surface area contributed by atoms with Crippen LogP contribution in [0.3, 0.4) is 0 Å². The molecule has 24 heavy (non-hydrogen) atoms. The van der Waals surface area contributed by atoms with Crippen molar-refractivity contribution in [2.75, 3.05) is 16.6 Å². The molecule has 1 amide bonds. The maximum Gasteiger partial charge on any atom is 0.251 e. The molecule has 1 saturated heterocycles. The van der Waals surface area contributed by atoms with E-state index in [0.717, 1.165) is 18.8 Å². The second-order valence-corrected chi connectivity index (χ2v) is 9.41. The molecule has 1 aromatic carbocycles. The van der Waals surface area contributed by atoms with E-state index in [4.69, 9.17) is 0 Å². The fourth-order valence-electron chi connectivity index (χ4n) is 4.55. The van der Waals surface area contributed by atoms with Crippen LogP contribution in [0, 0.1) is 11.8 Å². The SMILES string of the molecule is O=C(N[C@H]1C[C@H]2CC[C@H]1C2)c1cccc(N2CCCCS2(=O)=O)c1. The maximum absolute atomic E-state index is 12.6. The van der Waals surface area contributed by atoms with Crippen molar-refractivity contribution in [3.8, 4) is 0 Å². The number of carbonyl (C=O) groups is 1. The second kappa shape index (κ2) is 6.06. The Morgan fingerprint density at radius 2 is 2.04 bits per heavy atom. The Labute approximate surface area is 143 Å². The van der Waals surface area contributed by atoms with Crippen molar-refractivity contribution in [3.63, 3.8) is 0 Å². The molecular formula is C18H24N2O3S. The van der Waals surface area contributed by atoms with Gasteiger partial charge in [0.05, 0.1) is 11.4 Å². The molecule has 6 heteroatoms. The highest BCUT2D eigenvalue weighted by atomic mass is 32.2. The highest BCUT2D eigenvalue weighted by Gasteiger charge is 2.40. The van der Waals surface area contributed by atoms with Gasteiger partial charge in [0.2, 0.25) is 10.0 Å². The van der Waals surface area contributed by atoms with Gasteiger partial charge in [0.25, 0.3) is 5.91 Å². The Morgan fingerprint density at radius 1 is 1.17 bits per heavy atom. The number of rotatable bonds is 3. The van der Waals surface area contributed by atoms with Gasteiger partial charge in [0.15, 0.2) is 0 Å². The van der Waals surface area contributed by atoms with Gasteiger partial charge in [-0.2, -0.15) is 0 Å². The molecule has 3 aliphatic rings. The smallest absolute Gasteiger partial charge is 0.251 e. The lowest BCUT2D eigenvalue weighted by atomic mass is 9.95. The molecule has 1 heterocycles. The van der Waals surface area contributed by atoms with Crippen LogP contribution in [0.4, 0.5) is 5.69 Å². The summed E-state index contributed by atoms with van der Waals surface area (Å²) >= 11 is 0. The third kappa shape index (κ3) is 2.92. The summed E-state index contributed by atoms with van der Waals surface area (Å²) in [6.07, 6.45) is 6.44. The van der Waals surface area contributed by atoms with Crippen molar-refractivity contribution in [3.05, 3.63) is 29.8 Å². The van der Waals surface area contributed by atoms with E-state index in [-0.39, 0.29) is 11.7 Å². The number of hydrogen-bond donors (Lipinski definition) is 1. The standard InChI is InChI=1S/C18H24N2O3S/c21-18(19-17-11-13-6-7-14(17)10-13)15-4-3-5-16(12-15)20-8-1-2-9-24(20,22)23/h3-5,12-14,17H,1-2,6-11H2,(H,19,21)/t13-,14-,17-/m0/s1. The first kappa shape index (κ1) is 15.9. The monoisotopic (exact) mass is 348 g/mol. The molecule has 0 radical (unpaired) electrons. The lowest BCUT2D eigenvalue weighted by Crippen LogP contribution is -2.39. The molecule has 1 N–H and O–H groups in total. The zero-order valence-corrected chi connectivity index (χ0v) is 14.6. The van der Waals surface area contributed by atoms with Crippen LogP contribution < -0.4 is 9.62 Å². The summed E-state index contributed by atoms with van der Waals surface area (Å²) < 4.78 is 26.0. The number of nitrogens with zero attached hydrogens (tertiary/aromatic N) is 1. The summed E-state index contributed by atoms with van der Waals surface area (Å²) in [5.74, 6) is 1.52. The van der Waals surface area contributed by atoms with Crippen LogP contribution in [-0.2, 0) is 10.0 Å². The minimum absolute atomic E-state index is 0.0798. The van der Waals surface area contributed by atoms with E-state index in [1.165, 1.54) is 23.6 Å². The van der Waals surface area contributed by atoms with Gasteiger partial charge < -0.3 is 5.32 Å². The number of sulfonamides is 1. The van der Waals surface area contributed by atoms with Gasteiger partial charge in [0.1, 0.15) is 0 Å². The zero-order valence-electron chi connectivity index (χ0n) is 13.8. The lowest BCUT2D eigenvalue weighted by Gasteiger charge is -2.28. The van der Waals surface area contributed by atoms with Crippen molar-refractivity contribution in [1.29, 1.82) is 0 Å². The van der Waals surface area contributed by atoms with Gasteiger partial charge in [-0.15, -0.1) is 0 Å². The Kier molecular flexibility index (Phi) is 4.03. The van der Waals surface area contributed by atoms with Gasteiger partial charge in [-0.25, -0.2) is 8.42 Å². The first-order valence-electron chi connectivity index (χ1n) is 8.94. The highest BCUT2D eigenvalue weighted by molar-refractivity contribution is 7.92. The molecule has 3 fully saturated rings. The van der Waals surface area contributed by atoms with Crippen LogP contribution >= 0.6 is 0 Å². The Hall–Kier alpha value is -1.56. The first-order chi connectivity index (χ1) is 11.5. The van der Waals surface area contributed by atoms with Gasteiger partial charge in [-0.05, 0) is 62.1 Å². The van der Waals surface area contributed by atoms with Gasteiger partial charge in [0, 0.05) is 18.2 Å². The minimum atomic E-state index is -3.25. The van der Waals surface area contributed by atoms with Crippen molar-refractivity contribution >= 4 is 21.6 Å². The minimum Gasteiger partial charge on any atom is -0.349 e.